The van der Waals surface area contributed by atoms with Crippen LogP contribution in [0.1, 0.15) is 87.8 Å². The van der Waals surface area contributed by atoms with Crippen LogP contribution in [-0.2, 0) is 93.0 Å². The quantitative estimate of drug-likeness (QED) is 0.0169. The fourth-order valence-corrected chi connectivity index (χ4v) is 8.62. The minimum absolute atomic E-state index is 0. The number of benzene rings is 6. The Kier molecular flexibility index (Phi) is 43.9. The molecule has 0 spiro atoms. The molecular formula is C68H72BBr2ClLiN4O18. The number of rotatable bonds is 21. The third kappa shape index (κ3) is 30.7. The maximum Gasteiger partial charge on any atom is 1.00 e. The zero-order chi connectivity index (χ0) is 68.3. The molecule has 22 nitrogen and oxygen atoms in total. The van der Waals surface area contributed by atoms with Crippen LogP contribution in [0.2, 0.25) is 0 Å². The summed E-state index contributed by atoms with van der Waals surface area (Å²) in [4.78, 5) is 68.5. The number of aromatic carboxylic acids is 1. The summed E-state index contributed by atoms with van der Waals surface area (Å²) in [7, 11) is 12.1. The molecule has 3 heterocycles. The fourth-order valence-electron chi connectivity index (χ4n) is 7.76. The van der Waals surface area contributed by atoms with Crippen molar-refractivity contribution in [1.29, 1.82) is 0 Å². The molecule has 0 amide bonds. The van der Waals surface area contributed by atoms with E-state index in [0.717, 1.165) is 66.9 Å². The third-order valence-electron chi connectivity index (χ3n) is 11.9. The number of carboxylic acids is 1. The zero-order valence-corrected chi connectivity index (χ0v) is 57.8. The monoisotopic (exact) mass is 1440 g/mol. The van der Waals surface area contributed by atoms with Gasteiger partial charge in [-0.15, -0.1) is 0 Å². The van der Waals surface area contributed by atoms with Crippen LogP contribution in [0, 0.1) is 6.57 Å². The van der Waals surface area contributed by atoms with Crippen LogP contribution in [0.25, 0.3) is 38.8 Å². The Morgan fingerprint density at radius 3 is 1.25 bits per heavy atom. The van der Waals surface area contributed by atoms with E-state index in [9.17, 15) is 24.0 Å². The van der Waals surface area contributed by atoms with Crippen LogP contribution in [0.5, 0.6) is 0 Å². The van der Waals surface area contributed by atoms with E-state index in [1.54, 1.807) is 84.1 Å². The van der Waals surface area contributed by atoms with Gasteiger partial charge in [-0.05, 0) is 93.5 Å². The number of halogens is 3. The van der Waals surface area contributed by atoms with Gasteiger partial charge in [0.05, 0.1) is 77.8 Å². The summed E-state index contributed by atoms with van der Waals surface area (Å²) in [5, 5.41) is 18.7. The first-order chi connectivity index (χ1) is 45.0. The van der Waals surface area contributed by atoms with Crippen LogP contribution < -0.4 is 18.9 Å². The average Bonchev–Trinajstić information content (AvgIpc) is 1.74. The van der Waals surface area contributed by atoms with Crippen molar-refractivity contribution in [2.45, 2.75) is 50.3 Å². The van der Waals surface area contributed by atoms with Gasteiger partial charge in [0.2, 0.25) is 0 Å². The molecule has 6 aromatic carbocycles. The van der Waals surface area contributed by atoms with E-state index < -0.39 is 23.2 Å². The van der Waals surface area contributed by atoms with Crippen LogP contribution in [0.4, 0.5) is 0 Å². The van der Waals surface area contributed by atoms with E-state index in [1.807, 2.05) is 91.0 Å². The molecule has 9 rings (SSSR count). The number of hydrogen-bond acceptors (Lipinski definition) is 20. The summed E-state index contributed by atoms with van der Waals surface area (Å²) in [6.07, 6.45) is 4.03. The number of methoxy groups -OCH3 is 8. The number of oxazole rings is 3. The summed E-state index contributed by atoms with van der Waals surface area (Å²) in [6.45, 7) is 8.46. The first kappa shape index (κ1) is 84.7. The number of carbonyl (C=O) groups is 5. The van der Waals surface area contributed by atoms with Crippen molar-refractivity contribution < 1.29 is 106 Å². The van der Waals surface area contributed by atoms with Crippen LogP contribution >= 0.6 is 43.5 Å². The molecule has 0 aliphatic rings. The number of alkyl halides is 2. The van der Waals surface area contributed by atoms with Gasteiger partial charge in [-0.1, -0.05) is 129 Å². The Morgan fingerprint density at radius 2 is 0.863 bits per heavy atom. The van der Waals surface area contributed by atoms with Gasteiger partial charge in [-0.3, -0.25) is 4.79 Å². The normalized spacial score (nSPS) is 9.72. The average molecular weight is 1450 g/mol. The van der Waals surface area contributed by atoms with Crippen molar-refractivity contribution >= 4 is 81.0 Å². The summed E-state index contributed by atoms with van der Waals surface area (Å²) < 4.78 is 54.3. The summed E-state index contributed by atoms with van der Waals surface area (Å²) >= 11 is 12.0. The maximum atomic E-state index is 11.5. The molecule has 3 radical (unpaired) electrons. The second-order valence-electron chi connectivity index (χ2n) is 18.5. The van der Waals surface area contributed by atoms with Gasteiger partial charge in [0.15, 0.2) is 42.2 Å². The van der Waals surface area contributed by atoms with Gasteiger partial charge >= 0.3 is 49.3 Å². The standard InChI is InChI=1S/C13H13NO4.C12H12BrNO2.C12H13NO3.C9H9BrO2.C9H9ClO2.C9H10O3.C4H5NO2.B.Li.H/c1-16-7-9-4-3-5-10(6-9)12-11(13(15)17-2)14-8-18-12;1-15-7-9-3-2-4-10(5-9)12-11(6-13)14-8-16-12;1-15-7-9-3-2-4-10(5-9)12-11(6-14)13-8-16-12;1-12-9(11)8-4-2-3-7(5-8)6-10;2*1-12-6-7-3-2-4-8(5-7)9(10)11;1-5-3-4(6)7-2;;;/h3-6,8H,7H2,1-2H3;2-5,8H,6-7H2,1H3;2-5,8,14H,6-7H2,1H3;2*2-5H,6H2,1H3;2-5H,6H2,1H3,(H,10,11);3H2,2H3;;;/q;;;;;;;;+1;-1. The Labute approximate surface area is 588 Å². The summed E-state index contributed by atoms with van der Waals surface area (Å²) in [5.41, 5.74) is 11.8. The first-order valence-corrected chi connectivity index (χ1v) is 30.1. The predicted molar refractivity (Wildman–Crippen MR) is 360 cm³/mol. The van der Waals surface area contributed by atoms with Crippen molar-refractivity contribution in [3.05, 3.63) is 243 Å². The molecule has 0 bridgehead atoms. The molecule has 95 heavy (non-hydrogen) atoms. The molecule has 0 saturated heterocycles. The SMILES string of the molecule is COC(=O)c1cccc(CBr)c1.COCc1cccc(-c2ocnc2C(=O)OC)c1.COCc1cccc(-c2ocnc2CBr)c1.COCc1cccc(-c2ocnc2CO)c1.COCc1cccc(C(=O)Cl)c1.COCc1cccc(C(=O)O)c1.[B].[C-]#[N+]CC(=O)OC.[H-].[Li+]. The predicted octanol–water partition coefficient (Wildman–Crippen LogP) is 10.6. The number of hydrogen-bond donors (Lipinski definition) is 2. The first-order valence-electron chi connectivity index (χ1n) is 27.5. The van der Waals surface area contributed by atoms with Gasteiger partial charge < -0.3 is 67.6 Å². The molecule has 0 aliphatic heterocycles. The number of nitrogens with zero attached hydrogens (tertiary/aromatic N) is 4. The van der Waals surface area contributed by atoms with Crippen molar-refractivity contribution in [2.24, 2.45) is 0 Å². The Hall–Kier alpha value is -8.34. The minimum Gasteiger partial charge on any atom is -1.00 e. The molecule has 497 valence electrons. The van der Waals surface area contributed by atoms with Gasteiger partial charge in [0, 0.05) is 76.9 Å². The van der Waals surface area contributed by atoms with Gasteiger partial charge in [0.25, 0.3) is 5.24 Å². The second kappa shape index (κ2) is 49.2. The van der Waals surface area contributed by atoms with E-state index in [1.165, 1.54) is 40.5 Å². The van der Waals surface area contributed by atoms with E-state index in [0.29, 0.717) is 72.3 Å². The number of aliphatic hydroxyl groups excluding tert-OH is 1. The molecule has 27 heteroatoms. The van der Waals surface area contributed by atoms with E-state index in [4.69, 9.17) is 65.3 Å². The Morgan fingerprint density at radius 1 is 0.495 bits per heavy atom. The number of carboxylic acid groups (broad SMARTS) is 1. The van der Waals surface area contributed by atoms with E-state index in [2.05, 4.69) is 71.9 Å². The fraction of sp³-hybridized carbons (Fsp3) is 0.250. The van der Waals surface area contributed by atoms with Gasteiger partial charge in [0.1, 0.15) is 5.69 Å². The van der Waals surface area contributed by atoms with Crippen LogP contribution in [-0.4, -0.2) is 126 Å². The molecule has 3 aromatic heterocycles. The van der Waals surface area contributed by atoms with Crippen molar-refractivity contribution in [3.8, 4) is 34.0 Å². The second-order valence-corrected chi connectivity index (χ2v) is 20.0. The maximum absolute atomic E-state index is 11.5. The van der Waals surface area contributed by atoms with E-state index in [-0.39, 0.29) is 53.5 Å². The number of carbonyl (C=O) groups excluding carboxylic acids is 4. The number of aliphatic hydroxyl groups is 1. The van der Waals surface area contributed by atoms with Gasteiger partial charge in [-0.25, -0.2) is 40.7 Å². The van der Waals surface area contributed by atoms with E-state index >= 15 is 0 Å². The number of esters is 3. The topological polar surface area (TPSA) is 282 Å². The minimum atomic E-state index is -0.909. The molecule has 0 aliphatic carbocycles. The molecule has 0 fully saturated rings. The van der Waals surface area contributed by atoms with Gasteiger partial charge in [-0.2, -0.15) is 0 Å². The number of ether oxygens (including phenoxy) is 8. The molecule has 9 aromatic rings. The molecule has 0 atom stereocenters. The molecular weight excluding hydrogens is 1370 g/mol. The molecule has 0 unspecified atom stereocenters. The zero-order valence-electron chi connectivity index (χ0n) is 54.9. The number of aromatic nitrogens is 3. The smallest absolute Gasteiger partial charge is 1.00 e. The van der Waals surface area contributed by atoms with Crippen molar-refractivity contribution in [2.75, 3.05) is 63.4 Å². The van der Waals surface area contributed by atoms with Crippen LogP contribution in [0.15, 0.2) is 178 Å². The summed E-state index contributed by atoms with van der Waals surface area (Å²) in [6, 6.07) is 44.4. The third-order valence-corrected chi connectivity index (χ3v) is 13.3. The Balaban J connectivity index is 0.00000111. The molecule has 0 saturated carbocycles. The van der Waals surface area contributed by atoms with Crippen molar-refractivity contribution in [3.63, 3.8) is 0 Å². The largest absolute Gasteiger partial charge is 1.00 e. The Bertz CT molecular complexity index is 3630. The van der Waals surface area contributed by atoms with Crippen molar-refractivity contribution in [1.82, 2.24) is 15.0 Å². The molecule has 2 N–H and O–H groups in total. The van der Waals surface area contributed by atoms with Crippen LogP contribution in [0.3, 0.4) is 0 Å². The summed E-state index contributed by atoms with van der Waals surface area (Å²) in [5.74, 6) is -0.369.